The number of amides is 1. The highest BCUT2D eigenvalue weighted by Gasteiger charge is 2.32. The minimum Gasteiger partial charge on any atom is -0.338 e. The molecule has 0 aliphatic carbocycles. The molecule has 0 saturated carbocycles. The largest absolute Gasteiger partial charge is 0.338 e. The standard InChI is InChI=1S/C12H13F2N3O3/c13-8-1-2-9(17(19)20)11(14)10(8)12(18)16-4-3-7(5-15)6-16/h1-2,7H,3-6,15H2. The van der Waals surface area contributed by atoms with Crippen molar-refractivity contribution < 1.29 is 18.5 Å². The Kier molecular flexibility index (Phi) is 3.93. The Hall–Kier alpha value is -2.09. The Bertz CT molecular complexity index is 565. The van der Waals surface area contributed by atoms with E-state index in [2.05, 4.69) is 0 Å². The predicted octanol–water partition coefficient (Wildman–Crippen LogP) is 1.29. The van der Waals surface area contributed by atoms with Crippen molar-refractivity contribution in [2.45, 2.75) is 6.42 Å². The number of benzene rings is 1. The summed E-state index contributed by atoms with van der Waals surface area (Å²) < 4.78 is 27.6. The van der Waals surface area contributed by atoms with E-state index in [1.165, 1.54) is 4.90 Å². The van der Waals surface area contributed by atoms with Gasteiger partial charge < -0.3 is 10.6 Å². The lowest BCUT2D eigenvalue weighted by molar-refractivity contribution is -0.387. The van der Waals surface area contributed by atoms with Gasteiger partial charge in [-0.25, -0.2) is 4.39 Å². The maximum Gasteiger partial charge on any atom is 0.305 e. The van der Waals surface area contributed by atoms with Crippen molar-refractivity contribution in [1.29, 1.82) is 0 Å². The summed E-state index contributed by atoms with van der Waals surface area (Å²) in [6.07, 6.45) is 0.653. The van der Waals surface area contributed by atoms with E-state index in [1.54, 1.807) is 0 Å². The highest BCUT2D eigenvalue weighted by Crippen LogP contribution is 2.26. The van der Waals surface area contributed by atoms with Gasteiger partial charge in [0, 0.05) is 19.2 Å². The van der Waals surface area contributed by atoms with Crippen LogP contribution >= 0.6 is 0 Å². The second-order valence-electron chi connectivity index (χ2n) is 4.65. The number of nitrogens with two attached hydrogens (primary N) is 1. The van der Waals surface area contributed by atoms with Crippen LogP contribution in [0.25, 0.3) is 0 Å². The molecular formula is C12H13F2N3O3. The van der Waals surface area contributed by atoms with Crippen LogP contribution in [0.5, 0.6) is 0 Å². The molecule has 1 saturated heterocycles. The van der Waals surface area contributed by atoms with E-state index in [1.807, 2.05) is 0 Å². The van der Waals surface area contributed by atoms with Crippen LogP contribution in [0.3, 0.4) is 0 Å². The molecule has 0 aromatic heterocycles. The lowest BCUT2D eigenvalue weighted by Crippen LogP contribution is -2.31. The molecule has 1 aliphatic rings. The molecule has 0 bridgehead atoms. The predicted molar refractivity (Wildman–Crippen MR) is 66.1 cm³/mol. The molecule has 2 rings (SSSR count). The molecule has 1 aromatic rings. The Morgan fingerprint density at radius 3 is 2.75 bits per heavy atom. The molecule has 1 fully saturated rings. The Morgan fingerprint density at radius 2 is 2.20 bits per heavy atom. The molecule has 0 spiro atoms. The molecule has 0 radical (unpaired) electrons. The van der Waals surface area contributed by atoms with Crippen LogP contribution in [-0.2, 0) is 0 Å². The van der Waals surface area contributed by atoms with E-state index >= 15 is 0 Å². The van der Waals surface area contributed by atoms with Gasteiger partial charge in [-0.1, -0.05) is 0 Å². The van der Waals surface area contributed by atoms with Gasteiger partial charge in [0.1, 0.15) is 11.4 Å². The van der Waals surface area contributed by atoms with Crippen molar-refractivity contribution in [2.24, 2.45) is 11.7 Å². The van der Waals surface area contributed by atoms with Crippen LogP contribution in [-0.4, -0.2) is 35.4 Å². The number of carbonyl (C=O) groups is 1. The fourth-order valence-electron chi connectivity index (χ4n) is 2.25. The van der Waals surface area contributed by atoms with Gasteiger partial charge in [0.15, 0.2) is 0 Å². The first-order chi connectivity index (χ1) is 9.45. The number of nitro groups is 1. The normalized spacial score (nSPS) is 18.4. The summed E-state index contributed by atoms with van der Waals surface area (Å²) in [6.45, 7) is 1.02. The maximum absolute atomic E-state index is 13.9. The van der Waals surface area contributed by atoms with Crippen molar-refractivity contribution in [3.63, 3.8) is 0 Å². The van der Waals surface area contributed by atoms with E-state index in [0.29, 0.717) is 32.1 Å². The average Bonchev–Trinajstić information content (AvgIpc) is 2.86. The van der Waals surface area contributed by atoms with E-state index in [0.717, 1.165) is 6.07 Å². The summed E-state index contributed by atoms with van der Waals surface area (Å²) >= 11 is 0. The zero-order valence-corrected chi connectivity index (χ0v) is 10.5. The van der Waals surface area contributed by atoms with Crippen LogP contribution in [0.4, 0.5) is 14.5 Å². The molecule has 1 atom stereocenters. The first-order valence-corrected chi connectivity index (χ1v) is 6.07. The van der Waals surface area contributed by atoms with Crippen molar-refractivity contribution in [1.82, 2.24) is 4.90 Å². The first kappa shape index (κ1) is 14.3. The lowest BCUT2D eigenvalue weighted by atomic mass is 10.1. The van der Waals surface area contributed by atoms with E-state index in [4.69, 9.17) is 5.73 Å². The number of halogens is 2. The molecule has 1 aliphatic heterocycles. The molecule has 20 heavy (non-hydrogen) atoms. The van der Waals surface area contributed by atoms with Crippen LogP contribution in [0.2, 0.25) is 0 Å². The number of hydrogen-bond acceptors (Lipinski definition) is 4. The Balaban J connectivity index is 2.35. The zero-order valence-electron chi connectivity index (χ0n) is 10.5. The van der Waals surface area contributed by atoms with Crippen LogP contribution in [0.15, 0.2) is 12.1 Å². The molecule has 2 N–H and O–H groups in total. The highest BCUT2D eigenvalue weighted by atomic mass is 19.1. The Labute approximate surface area is 113 Å². The number of carbonyl (C=O) groups excluding carboxylic acids is 1. The van der Waals surface area contributed by atoms with Crippen molar-refractivity contribution >= 4 is 11.6 Å². The van der Waals surface area contributed by atoms with Crippen molar-refractivity contribution in [3.05, 3.63) is 39.4 Å². The quantitative estimate of drug-likeness (QED) is 0.669. The third-order valence-corrected chi connectivity index (χ3v) is 3.39. The Morgan fingerprint density at radius 1 is 1.50 bits per heavy atom. The van der Waals surface area contributed by atoms with Crippen LogP contribution in [0, 0.1) is 27.7 Å². The van der Waals surface area contributed by atoms with Gasteiger partial charge in [-0.2, -0.15) is 4.39 Å². The summed E-state index contributed by atoms with van der Waals surface area (Å²) in [6, 6.07) is 1.43. The molecule has 1 unspecified atom stereocenters. The molecule has 6 nitrogen and oxygen atoms in total. The second-order valence-corrected chi connectivity index (χ2v) is 4.65. The first-order valence-electron chi connectivity index (χ1n) is 6.07. The van der Waals surface area contributed by atoms with Crippen LogP contribution in [0.1, 0.15) is 16.8 Å². The van der Waals surface area contributed by atoms with E-state index in [-0.39, 0.29) is 5.92 Å². The third-order valence-electron chi connectivity index (χ3n) is 3.39. The second kappa shape index (κ2) is 5.49. The van der Waals surface area contributed by atoms with Gasteiger partial charge in [0.25, 0.3) is 5.91 Å². The van der Waals surface area contributed by atoms with Gasteiger partial charge in [-0.15, -0.1) is 0 Å². The molecule has 8 heteroatoms. The summed E-state index contributed by atoms with van der Waals surface area (Å²) in [4.78, 5) is 23.0. The maximum atomic E-state index is 13.9. The fourth-order valence-corrected chi connectivity index (χ4v) is 2.25. The summed E-state index contributed by atoms with van der Waals surface area (Å²) in [5.41, 5.74) is 3.69. The fraction of sp³-hybridized carbons (Fsp3) is 0.417. The molecule has 108 valence electrons. The number of rotatable bonds is 3. The molecule has 1 amide bonds. The average molecular weight is 285 g/mol. The minimum atomic E-state index is -1.43. The zero-order chi connectivity index (χ0) is 14.9. The topological polar surface area (TPSA) is 89.5 Å². The number of nitrogens with zero attached hydrogens (tertiary/aromatic N) is 2. The minimum absolute atomic E-state index is 0.0868. The number of likely N-dealkylation sites (tertiary alicyclic amines) is 1. The molecule has 1 aromatic carbocycles. The third kappa shape index (κ3) is 2.46. The van der Waals surface area contributed by atoms with E-state index in [9.17, 15) is 23.7 Å². The van der Waals surface area contributed by atoms with Gasteiger partial charge in [0.05, 0.1) is 4.92 Å². The van der Waals surface area contributed by atoms with Crippen LogP contribution < -0.4 is 5.73 Å². The summed E-state index contributed by atoms with van der Waals surface area (Å²) in [5, 5.41) is 10.6. The van der Waals surface area contributed by atoms with Gasteiger partial charge in [-0.3, -0.25) is 14.9 Å². The van der Waals surface area contributed by atoms with Gasteiger partial charge in [0.2, 0.25) is 5.82 Å². The monoisotopic (exact) mass is 285 g/mol. The molecule has 1 heterocycles. The summed E-state index contributed by atoms with van der Waals surface area (Å²) in [5.74, 6) is -3.33. The lowest BCUT2D eigenvalue weighted by Gasteiger charge is -2.17. The van der Waals surface area contributed by atoms with Gasteiger partial charge >= 0.3 is 5.69 Å². The number of nitro benzene ring substituents is 1. The number of hydrogen-bond donors (Lipinski definition) is 1. The highest BCUT2D eigenvalue weighted by molar-refractivity contribution is 5.95. The SMILES string of the molecule is NCC1CCN(C(=O)c2c(F)ccc([N+](=O)[O-])c2F)C1. The summed E-state index contributed by atoms with van der Waals surface area (Å²) in [7, 11) is 0. The van der Waals surface area contributed by atoms with Crippen molar-refractivity contribution in [3.8, 4) is 0 Å². The van der Waals surface area contributed by atoms with Crippen molar-refractivity contribution in [2.75, 3.05) is 19.6 Å². The van der Waals surface area contributed by atoms with E-state index < -0.39 is 33.7 Å². The smallest absolute Gasteiger partial charge is 0.305 e. The van der Waals surface area contributed by atoms with Gasteiger partial charge in [-0.05, 0) is 24.9 Å². The molecular weight excluding hydrogens is 272 g/mol.